The monoisotopic (exact) mass is 272 g/mol. The van der Waals surface area contributed by atoms with Gasteiger partial charge in [0.15, 0.2) is 0 Å². The van der Waals surface area contributed by atoms with Crippen molar-refractivity contribution < 1.29 is 9.52 Å². The minimum Gasteiger partial charge on any atom is -0.466 e. The molecule has 1 aromatic carbocycles. The van der Waals surface area contributed by atoms with Crippen molar-refractivity contribution in [1.82, 2.24) is 0 Å². The Balaban J connectivity index is 2.22. The number of rotatable bonds is 5. The predicted octanol–water partition coefficient (Wildman–Crippen LogP) is 4.63. The normalized spacial score (nSPS) is 12.7. The molecule has 0 saturated heterocycles. The van der Waals surface area contributed by atoms with Crippen LogP contribution in [-0.2, 0) is 6.42 Å². The third-order valence-electron chi connectivity index (χ3n) is 4.01. The highest BCUT2D eigenvalue weighted by Gasteiger charge is 2.20. The van der Waals surface area contributed by atoms with Gasteiger partial charge in [-0.3, -0.25) is 0 Å². The number of aliphatic hydroxyl groups is 1. The Hall–Kier alpha value is -1.54. The topological polar surface area (TPSA) is 33.4 Å². The zero-order valence-corrected chi connectivity index (χ0v) is 12.9. The van der Waals surface area contributed by atoms with Gasteiger partial charge in [-0.2, -0.15) is 0 Å². The molecular formula is C18H24O2. The van der Waals surface area contributed by atoms with E-state index in [1.54, 1.807) is 0 Å². The Bertz CT molecular complexity index is 564. The van der Waals surface area contributed by atoms with E-state index in [2.05, 4.69) is 19.1 Å². The number of benzene rings is 1. The quantitative estimate of drug-likeness (QED) is 0.861. The molecule has 2 aromatic rings. The molecule has 2 rings (SSSR count). The molecule has 0 radical (unpaired) electrons. The summed E-state index contributed by atoms with van der Waals surface area (Å²) in [6.45, 7) is 8.05. The van der Waals surface area contributed by atoms with Crippen LogP contribution in [0.3, 0.4) is 0 Å². The summed E-state index contributed by atoms with van der Waals surface area (Å²) in [5.74, 6) is 1.69. The van der Waals surface area contributed by atoms with Gasteiger partial charge in [-0.25, -0.2) is 0 Å². The lowest BCUT2D eigenvalue weighted by Gasteiger charge is -2.12. The summed E-state index contributed by atoms with van der Waals surface area (Å²) in [6.07, 6.45) is 2.92. The zero-order valence-electron chi connectivity index (χ0n) is 12.9. The van der Waals surface area contributed by atoms with Crippen molar-refractivity contribution in [2.24, 2.45) is 0 Å². The van der Waals surface area contributed by atoms with Gasteiger partial charge in [0.1, 0.15) is 17.6 Å². The number of furan rings is 1. The summed E-state index contributed by atoms with van der Waals surface area (Å²) in [7, 11) is 0. The van der Waals surface area contributed by atoms with Crippen molar-refractivity contribution in [1.29, 1.82) is 0 Å². The lowest BCUT2D eigenvalue weighted by Crippen LogP contribution is -2.02. The second-order valence-electron chi connectivity index (χ2n) is 5.50. The minimum absolute atomic E-state index is 0.604. The number of aliphatic hydroxyl groups excluding tert-OH is 1. The maximum atomic E-state index is 10.6. The van der Waals surface area contributed by atoms with E-state index >= 15 is 0 Å². The first-order valence-corrected chi connectivity index (χ1v) is 7.38. The molecule has 1 N–H and O–H groups in total. The smallest absolute Gasteiger partial charge is 0.108 e. The molecule has 1 heterocycles. The van der Waals surface area contributed by atoms with E-state index in [1.807, 2.05) is 32.9 Å². The molecular weight excluding hydrogens is 248 g/mol. The summed E-state index contributed by atoms with van der Waals surface area (Å²) >= 11 is 0. The van der Waals surface area contributed by atoms with Gasteiger partial charge in [-0.05, 0) is 50.3 Å². The molecule has 0 amide bonds. The molecule has 108 valence electrons. The molecule has 0 aliphatic heterocycles. The molecule has 20 heavy (non-hydrogen) atoms. The third-order valence-corrected chi connectivity index (χ3v) is 4.01. The van der Waals surface area contributed by atoms with Gasteiger partial charge in [0.25, 0.3) is 0 Å². The number of unbranched alkanes of at least 4 members (excludes halogenated alkanes) is 1. The van der Waals surface area contributed by atoms with Gasteiger partial charge in [-0.1, -0.05) is 37.6 Å². The highest BCUT2D eigenvalue weighted by atomic mass is 16.3. The maximum absolute atomic E-state index is 10.6. The van der Waals surface area contributed by atoms with Gasteiger partial charge >= 0.3 is 0 Å². The summed E-state index contributed by atoms with van der Waals surface area (Å²) in [4.78, 5) is 0. The summed E-state index contributed by atoms with van der Waals surface area (Å²) in [6, 6.07) is 8.28. The second-order valence-corrected chi connectivity index (χ2v) is 5.50. The molecule has 0 bridgehead atoms. The molecule has 1 atom stereocenters. The first kappa shape index (κ1) is 14.9. The van der Waals surface area contributed by atoms with Gasteiger partial charge < -0.3 is 9.52 Å². The molecule has 2 heteroatoms. The minimum atomic E-state index is -0.604. The van der Waals surface area contributed by atoms with Crippen LogP contribution in [0.5, 0.6) is 0 Å². The second kappa shape index (κ2) is 6.27. The van der Waals surface area contributed by atoms with Crippen molar-refractivity contribution in [3.8, 4) is 0 Å². The van der Waals surface area contributed by atoms with E-state index in [0.29, 0.717) is 0 Å². The predicted molar refractivity (Wildman–Crippen MR) is 82.0 cm³/mol. The van der Waals surface area contributed by atoms with Crippen LogP contribution in [0, 0.1) is 20.8 Å². The van der Waals surface area contributed by atoms with Crippen molar-refractivity contribution in [2.75, 3.05) is 0 Å². The Morgan fingerprint density at radius 1 is 1.05 bits per heavy atom. The van der Waals surface area contributed by atoms with Gasteiger partial charge in [0.05, 0.1) is 0 Å². The Morgan fingerprint density at radius 2 is 1.70 bits per heavy atom. The Labute approximate surface area is 121 Å². The van der Waals surface area contributed by atoms with E-state index < -0.39 is 6.10 Å². The largest absolute Gasteiger partial charge is 0.466 e. The van der Waals surface area contributed by atoms with Crippen molar-refractivity contribution in [3.05, 3.63) is 58.0 Å². The van der Waals surface area contributed by atoms with E-state index in [-0.39, 0.29) is 0 Å². The SMILES string of the molecule is CCCCc1ccc(C(O)c2c(C)oc(C)c2C)cc1. The molecule has 0 fully saturated rings. The summed E-state index contributed by atoms with van der Waals surface area (Å²) in [5, 5.41) is 10.6. The maximum Gasteiger partial charge on any atom is 0.108 e. The van der Waals surface area contributed by atoms with Crippen molar-refractivity contribution >= 4 is 0 Å². The Kier molecular flexibility index (Phi) is 4.66. The molecule has 2 nitrogen and oxygen atoms in total. The fourth-order valence-corrected chi connectivity index (χ4v) is 2.63. The summed E-state index contributed by atoms with van der Waals surface area (Å²) < 4.78 is 5.60. The van der Waals surface area contributed by atoms with Gasteiger partial charge in [0, 0.05) is 5.56 Å². The molecule has 0 aliphatic rings. The van der Waals surface area contributed by atoms with Gasteiger partial charge in [0.2, 0.25) is 0 Å². The van der Waals surface area contributed by atoms with Crippen LogP contribution in [-0.4, -0.2) is 5.11 Å². The summed E-state index contributed by atoms with van der Waals surface area (Å²) in [5.41, 5.74) is 4.21. The average Bonchev–Trinajstić information content (AvgIpc) is 2.70. The van der Waals surface area contributed by atoms with Crippen LogP contribution in [0.15, 0.2) is 28.7 Å². The Morgan fingerprint density at radius 3 is 2.20 bits per heavy atom. The molecule has 0 spiro atoms. The van der Waals surface area contributed by atoms with Gasteiger partial charge in [-0.15, -0.1) is 0 Å². The average molecular weight is 272 g/mol. The number of hydrogen-bond donors (Lipinski definition) is 1. The van der Waals surface area contributed by atoms with Crippen molar-refractivity contribution in [2.45, 2.75) is 53.1 Å². The zero-order chi connectivity index (χ0) is 14.7. The fourth-order valence-electron chi connectivity index (χ4n) is 2.63. The fraction of sp³-hybridized carbons (Fsp3) is 0.444. The highest BCUT2D eigenvalue weighted by Crippen LogP contribution is 2.31. The molecule has 0 saturated carbocycles. The lowest BCUT2D eigenvalue weighted by atomic mass is 9.96. The van der Waals surface area contributed by atoms with Crippen LogP contribution in [0.1, 0.15) is 59.6 Å². The molecule has 0 aliphatic carbocycles. The highest BCUT2D eigenvalue weighted by molar-refractivity contribution is 5.39. The van der Waals surface area contributed by atoms with Crippen LogP contribution >= 0.6 is 0 Å². The van der Waals surface area contributed by atoms with Crippen LogP contribution in [0.4, 0.5) is 0 Å². The third kappa shape index (κ3) is 2.96. The van der Waals surface area contributed by atoms with Crippen molar-refractivity contribution in [3.63, 3.8) is 0 Å². The van der Waals surface area contributed by atoms with E-state index in [1.165, 1.54) is 18.4 Å². The van der Waals surface area contributed by atoms with Crippen LogP contribution in [0.2, 0.25) is 0 Å². The van der Waals surface area contributed by atoms with E-state index in [4.69, 9.17) is 4.42 Å². The lowest BCUT2D eigenvalue weighted by molar-refractivity contribution is 0.217. The number of hydrogen-bond acceptors (Lipinski definition) is 2. The number of aryl methyl sites for hydroxylation is 3. The molecule has 1 aromatic heterocycles. The van der Waals surface area contributed by atoms with Crippen LogP contribution in [0.25, 0.3) is 0 Å². The van der Waals surface area contributed by atoms with E-state index in [0.717, 1.165) is 34.6 Å². The molecule has 1 unspecified atom stereocenters. The van der Waals surface area contributed by atoms with E-state index in [9.17, 15) is 5.11 Å². The first-order chi connectivity index (χ1) is 9.54. The standard InChI is InChI=1S/C18H24O2/c1-5-6-7-15-8-10-16(11-9-15)18(19)17-12(2)13(3)20-14(17)4/h8-11,18-19H,5-7H2,1-4H3. The first-order valence-electron chi connectivity index (χ1n) is 7.38. The van der Waals surface area contributed by atoms with Crippen LogP contribution < -0.4 is 0 Å².